The van der Waals surface area contributed by atoms with Gasteiger partial charge < -0.3 is 4.90 Å². The second-order valence-corrected chi connectivity index (χ2v) is 7.87. The number of rotatable bonds is 5. The fraction of sp³-hybridized carbons (Fsp3) is 0.429. The maximum atomic E-state index is 13.2. The minimum atomic E-state index is -0.950. The lowest BCUT2D eigenvalue weighted by molar-refractivity contribution is -0.136. The Labute approximate surface area is 179 Å². The maximum Gasteiger partial charge on any atom is 0.264 e. The Bertz CT molecular complexity index is 924. The monoisotopic (exact) mass is 430 g/mol. The number of piperazine rings is 1. The van der Waals surface area contributed by atoms with E-state index in [-0.39, 0.29) is 18.7 Å². The van der Waals surface area contributed by atoms with Crippen LogP contribution in [0.25, 0.3) is 0 Å². The Morgan fingerprint density at radius 2 is 1.80 bits per heavy atom. The van der Waals surface area contributed by atoms with Crippen LogP contribution in [0.15, 0.2) is 30.4 Å². The van der Waals surface area contributed by atoms with Gasteiger partial charge in [0.1, 0.15) is 6.04 Å². The highest BCUT2D eigenvalue weighted by atomic mass is 35.5. The number of amides is 4. The van der Waals surface area contributed by atoms with E-state index in [1.807, 2.05) is 18.2 Å². The predicted octanol–water partition coefficient (Wildman–Crippen LogP) is 1.00. The van der Waals surface area contributed by atoms with E-state index in [0.717, 1.165) is 43.3 Å². The van der Waals surface area contributed by atoms with Gasteiger partial charge in [0.15, 0.2) is 0 Å². The van der Waals surface area contributed by atoms with E-state index < -0.39 is 23.8 Å². The van der Waals surface area contributed by atoms with Crippen molar-refractivity contribution in [1.29, 1.82) is 0 Å². The number of hydrogen-bond acceptors (Lipinski definition) is 6. The van der Waals surface area contributed by atoms with Crippen molar-refractivity contribution in [3.63, 3.8) is 0 Å². The van der Waals surface area contributed by atoms with Crippen LogP contribution in [-0.2, 0) is 9.59 Å². The summed E-state index contributed by atoms with van der Waals surface area (Å²) < 4.78 is 0. The Morgan fingerprint density at radius 1 is 1.03 bits per heavy atom. The van der Waals surface area contributed by atoms with E-state index in [4.69, 9.17) is 11.6 Å². The van der Waals surface area contributed by atoms with E-state index in [0.29, 0.717) is 17.0 Å². The van der Waals surface area contributed by atoms with Crippen LogP contribution in [0.3, 0.4) is 0 Å². The van der Waals surface area contributed by atoms with Gasteiger partial charge in [-0.1, -0.05) is 18.2 Å². The minimum absolute atomic E-state index is 0.108. The summed E-state index contributed by atoms with van der Waals surface area (Å²) in [6, 6.07) is 4.29. The summed E-state index contributed by atoms with van der Waals surface area (Å²) in [4.78, 5) is 55.3. The molecule has 3 heterocycles. The molecule has 0 aliphatic carbocycles. The summed E-state index contributed by atoms with van der Waals surface area (Å²) in [5.74, 6) is -1.42. The Hall–Kier alpha value is -2.71. The molecule has 1 aromatic rings. The summed E-state index contributed by atoms with van der Waals surface area (Å²) in [7, 11) is 0. The van der Waals surface area contributed by atoms with Gasteiger partial charge in [-0.05, 0) is 18.6 Å². The summed E-state index contributed by atoms with van der Waals surface area (Å²) in [6.07, 6.45) is 4.23. The fourth-order valence-electron chi connectivity index (χ4n) is 4.22. The summed E-state index contributed by atoms with van der Waals surface area (Å²) in [6.45, 7) is 3.94. The molecule has 1 aromatic carbocycles. The number of allylic oxidation sites excluding steroid dienone is 1. The van der Waals surface area contributed by atoms with Crippen molar-refractivity contribution in [2.75, 3.05) is 43.5 Å². The van der Waals surface area contributed by atoms with Gasteiger partial charge in [0.2, 0.25) is 11.8 Å². The number of benzene rings is 1. The number of hydrogen-bond donors (Lipinski definition) is 1. The van der Waals surface area contributed by atoms with Gasteiger partial charge in [-0.25, -0.2) is 0 Å². The van der Waals surface area contributed by atoms with Gasteiger partial charge in [0, 0.05) is 45.0 Å². The molecular weight excluding hydrogens is 408 g/mol. The van der Waals surface area contributed by atoms with Crippen LogP contribution < -0.4 is 10.2 Å². The molecule has 1 atom stereocenters. The van der Waals surface area contributed by atoms with Crippen molar-refractivity contribution < 1.29 is 19.2 Å². The van der Waals surface area contributed by atoms with Crippen LogP contribution in [0.2, 0.25) is 0 Å². The molecule has 0 aromatic heterocycles. The third-order valence-corrected chi connectivity index (χ3v) is 5.96. The lowest BCUT2D eigenvalue weighted by Crippen LogP contribution is -2.54. The Balaban J connectivity index is 1.53. The van der Waals surface area contributed by atoms with Crippen LogP contribution in [0.4, 0.5) is 5.69 Å². The molecule has 3 aliphatic rings. The molecule has 4 amide bonds. The first kappa shape index (κ1) is 20.6. The number of imide groups is 2. The molecule has 0 radical (unpaired) electrons. The number of alkyl halides is 1. The lowest BCUT2D eigenvalue weighted by atomic mass is 10.0. The van der Waals surface area contributed by atoms with Crippen molar-refractivity contribution in [3.8, 4) is 0 Å². The van der Waals surface area contributed by atoms with Crippen molar-refractivity contribution >= 4 is 40.9 Å². The highest BCUT2D eigenvalue weighted by molar-refractivity contribution is 6.25. The van der Waals surface area contributed by atoms with E-state index in [9.17, 15) is 19.2 Å². The SMILES string of the molecule is O=C1CCC(N2C(=O)c3cccc(N4CCN(CC=CCCl)CC4)c3C2=O)C(=O)N1. The molecule has 9 heteroatoms. The summed E-state index contributed by atoms with van der Waals surface area (Å²) in [5.41, 5.74) is 1.38. The molecule has 0 saturated carbocycles. The van der Waals surface area contributed by atoms with Crippen LogP contribution in [-0.4, -0.2) is 78.1 Å². The average molecular weight is 431 g/mol. The molecule has 0 bridgehead atoms. The predicted molar refractivity (Wildman–Crippen MR) is 112 cm³/mol. The zero-order valence-electron chi connectivity index (χ0n) is 16.5. The smallest absolute Gasteiger partial charge is 0.264 e. The molecular formula is C21H23ClN4O4. The van der Waals surface area contributed by atoms with Gasteiger partial charge in [0.05, 0.1) is 16.8 Å². The average Bonchev–Trinajstić information content (AvgIpc) is 3.00. The third kappa shape index (κ3) is 3.73. The highest BCUT2D eigenvalue weighted by Gasteiger charge is 2.46. The van der Waals surface area contributed by atoms with Crippen LogP contribution in [0, 0.1) is 0 Å². The highest BCUT2D eigenvalue weighted by Crippen LogP contribution is 2.34. The number of anilines is 1. The molecule has 0 spiro atoms. The second kappa shape index (κ2) is 8.57. The molecule has 158 valence electrons. The first-order valence-corrected chi connectivity index (χ1v) is 10.6. The number of halogens is 1. The first-order valence-electron chi connectivity index (χ1n) is 10.0. The molecule has 2 saturated heterocycles. The van der Waals surface area contributed by atoms with E-state index in [1.165, 1.54) is 0 Å². The summed E-state index contributed by atoms with van der Waals surface area (Å²) >= 11 is 5.67. The molecule has 8 nitrogen and oxygen atoms in total. The normalized spacial score (nSPS) is 22.8. The molecule has 1 unspecified atom stereocenters. The number of nitrogens with zero attached hydrogens (tertiary/aromatic N) is 3. The van der Waals surface area contributed by atoms with Crippen molar-refractivity contribution in [2.24, 2.45) is 0 Å². The molecule has 2 fully saturated rings. The largest absolute Gasteiger partial charge is 0.368 e. The number of fused-ring (bicyclic) bond motifs is 1. The van der Waals surface area contributed by atoms with E-state index in [2.05, 4.69) is 15.1 Å². The third-order valence-electron chi connectivity index (χ3n) is 5.78. The van der Waals surface area contributed by atoms with Crippen LogP contribution in [0.5, 0.6) is 0 Å². The van der Waals surface area contributed by atoms with Crippen LogP contribution >= 0.6 is 11.6 Å². The number of carbonyl (C=O) groups is 4. The summed E-state index contributed by atoms with van der Waals surface area (Å²) in [5, 5.41) is 2.22. The fourth-order valence-corrected chi connectivity index (χ4v) is 4.34. The van der Waals surface area contributed by atoms with Gasteiger partial charge in [0.25, 0.3) is 11.8 Å². The molecule has 3 aliphatic heterocycles. The van der Waals surface area contributed by atoms with Gasteiger partial charge >= 0.3 is 0 Å². The molecule has 30 heavy (non-hydrogen) atoms. The zero-order chi connectivity index (χ0) is 21.3. The number of carbonyl (C=O) groups excluding carboxylic acids is 4. The second-order valence-electron chi connectivity index (χ2n) is 7.56. The number of nitrogens with one attached hydrogen (secondary N) is 1. The van der Waals surface area contributed by atoms with E-state index >= 15 is 0 Å². The van der Waals surface area contributed by atoms with Gasteiger partial charge in [-0.15, -0.1) is 11.6 Å². The van der Waals surface area contributed by atoms with Crippen molar-refractivity contribution in [3.05, 3.63) is 41.5 Å². The minimum Gasteiger partial charge on any atom is -0.368 e. The van der Waals surface area contributed by atoms with Gasteiger partial charge in [-0.3, -0.25) is 34.3 Å². The quantitative estimate of drug-likeness (QED) is 0.426. The number of piperidine rings is 1. The topological polar surface area (TPSA) is 90.0 Å². The Kier molecular flexibility index (Phi) is 5.87. The van der Waals surface area contributed by atoms with Crippen molar-refractivity contribution in [1.82, 2.24) is 15.1 Å². The maximum absolute atomic E-state index is 13.2. The lowest BCUT2D eigenvalue weighted by Gasteiger charge is -2.36. The van der Waals surface area contributed by atoms with Crippen LogP contribution in [0.1, 0.15) is 33.6 Å². The zero-order valence-corrected chi connectivity index (χ0v) is 17.2. The molecule has 1 N–H and O–H groups in total. The molecule has 4 rings (SSSR count). The van der Waals surface area contributed by atoms with E-state index in [1.54, 1.807) is 12.1 Å². The van der Waals surface area contributed by atoms with Gasteiger partial charge in [-0.2, -0.15) is 0 Å². The van der Waals surface area contributed by atoms with Crippen molar-refractivity contribution in [2.45, 2.75) is 18.9 Å². The Morgan fingerprint density at radius 3 is 2.50 bits per heavy atom. The first-order chi connectivity index (χ1) is 14.5. The standard InChI is InChI=1S/C21H23ClN4O4/c22-8-1-2-9-24-10-12-25(13-11-24)15-5-3-4-14-18(15)21(30)26(20(14)29)16-6-7-17(27)23-19(16)28/h1-5,16H,6-13H2,(H,23,27,28).